The number of anilines is 1. The molecule has 0 aliphatic heterocycles. The summed E-state index contributed by atoms with van der Waals surface area (Å²) in [4.78, 5) is 6.33. The summed E-state index contributed by atoms with van der Waals surface area (Å²) in [5.41, 5.74) is 2.05. The second-order valence-corrected chi connectivity index (χ2v) is 4.21. The van der Waals surface area contributed by atoms with Gasteiger partial charge in [-0.1, -0.05) is 12.8 Å². The minimum Gasteiger partial charge on any atom is -0.392 e. The Morgan fingerprint density at radius 1 is 1.47 bits per heavy atom. The molecule has 3 nitrogen and oxygen atoms in total. The molecule has 0 spiro atoms. The van der Waals surface area contributed by atoms with Crippen LogP contribution in [0.15, 0.2) is 18.5 Å². The van der Waals surface area contributed by atoms with E-state index in [2.05, 4.69) is 16.9 Å². The average molecular weight is 206 g/mol. The van der Waals surface area contributed by atoms with E-state index in [1.165, 1.54) is 25.7 Å². The SMILES string of the molecule is CN(c1ccncc1CO)C1CCCC1. The van der Waals surface area contributed by atoms with Gasteiger partial charge in [0.1, 0.15) is 0 Å². The third-order valence-electron chi connectivity index (χ3n) is 3.30. The fourth-order valence-corrected chi connectivity index (χ4v) is 2.37. The molecule has 1 N–H and O–H groups in total. The highest BCUT2D eigenvalue weighted by molar-refractivity contribution is 5.52. The van der Waals surface area contributed by atoms with Crippen molar-refractivity contribution in [1.29, 1.82) is 0 Å². The largest absolute Gasteiger partial charge is 0.392 e. The van der Waals surface area contributed by atoms with E-state index in [1.807, 2.05) is 6.07 Å². The first kappa shape index (κ1) is 10.4. The molecular formula is C12H18N2O. The van der Waals surface area contributed by atoms with Crippen LogP contribution in [0, 0.1) is 0 Å². The summed E-state index contributed by atoms with van der Waals surface area (Å²) in [5.74, 6) is 0. The summed E-state index contributed by atoms with van der Waals surface area (Å²) in [5, 5.41) is 9.24. The average Bonchev–Trinajstić information content (AvgIpc) is 2.81. The summed E-state index contributed by atoms with van der Waals surface area (Å²) in [6.45, 7) is 0.0697. The molecular weight excluding hydrogens is 188 g/mol. The van der Waals surface area contributed by atoms with Crippen LogP contribution in [0.4, 0.5) is 5.69 Å². The van der Waals surface area contributed by atoms with Crippen LogP contribution in [-0.4, -0.2) is 23.2 Å². The molecule has 2 rings (SSSR count). The van der Waals surface area contributed by atoms with Crippen LogP contribution in [0.25, 0.3) is 0 Å². The highest BCUT2D eigenvalue weighted by Crippen LogP contribution is 2.28. The number of aliphatic hydroxyl groups is 1. The van der Waals surface area contributed by atoms with Crippen LogP contribution in [0.2, 0.25) is 0 Å². The Morgan fingerprint density at radius 3 is 2.87 bits per heavy atom. The Labute approximate surface area is 90.8 Å². The predicted octanol–water partition coefficient (Wildman–Crippen LogP) is 1.95. The first-order valence-electron chi connectivity index (χ1n) is 5.59. The lowest BCUT2D eigenvalue weighted by atomic mass is 10.1. The Kier molecular flexibility index (Phi) is 3.21. The second-order valence-electron chi connectivity index (χ2n) is 4.21. The van der Waals surface area contributed by atoms with Gasteiger partial charge in [0, 0.05) is 36.7 Å². The zero-order valence-electron chi connectivity index (χ0n) is 9.19. The number of rotatable bonds is 3. The van der Waals surface area contributed by atoms with Crippen molar-refractivity contribution in [2.45, 2.75) is 38.3 Å². The van der Waals surface area contributed by atoms with Crippen molar-refractivity contribution in [3.05, 3.63) is 24.0 Å². The molecule has 15 heavy (non-hydrogen) atoms. The number of hydrogen-bond donors (Lipinski definition) is 1. The first-order chi connectivity index (χ1) is 7.33. The van der Waals surface area contributed by atoms with Gasteiger partial charge in [-0.05, 0) is 18.9 Å². The summed E-state index contributed by atoms with van der Waals surface area (Å²) in [6.07, 6.45) is 8.73. The van der Waals surface area contributed by atoms with E-state index in [-0.39, 0.29) is 6.61 Å². The van der Waals surface area contributed by atoms with E-state index in [4.69, 9.17) is 0 Å². The van der Waals surface area contributed by atoms with Gasteiger partial charge in [-0.3, -0.25) is 4.98 Å². The molecule has 1 saturated carbocycles. The van der Waals surface area contributed by atoms with Gasteiger partial charge in [-0.2, -0.15) is 0 Å². The summed E-state index contributed by atoms with van der Waals surface area (Å²) >= 11 is 0. The molecule has 0 radical (unpaired) electrons. The fourth-order valence-electron chi connectivity index (χ4n) is 2.37. The maximum absolute atomic E-state index is 9.24. The van der Waals surface area contributed by atoms with E-state index in [9.17, 15) is 5.11 Å². The number of aliphatic hydroxyl groups excluding tert-OH is 1. The lowest BCUT2D eigenvalue weighted by Crippen LogP contribution is -2.29. The van der Waals surface area contributed by atoms with Crippen LogP contribution in [0.1, 0.15) is 31.2 Å². The van der Waals surface area contributed by atoms with Crippen LogP contribution in [0.5, 0.6) is 0 Å². The van der Waals surface area contributed by atoms with Crippen molar-refractivity contribution in [2.75, 3.05) is 11.9 Å². The van der Waals surface area contributed by atoms with Crippen LogP contribution in [-0.2, 0) is 6.61 Å². The molecule has 0 bridgehead atoms. The van der Waals surface area contributed by atoms with E-state index in [0.29, 0.717) is 6.04 Å². The first-order valence-corrected chi connectivity index (χ1v) is 5.59. The number of aromatic nitrogens is 1. The molecule has 0 saturated heterocycles. The number of pyridine rings is 1. The molecule has 1 aliphatic carbocycles. The zero-order valence-corrected chi connectivity index (χ0v) is 9.19. The van der Waals surface area contributed by atoms with Crippen molar-refractivity contribution in [3.8, 4) is 0 Å². The molecule has 3 heteroatoms. The maximum atomic E-state index is 9.24. The van der Waals surface area contributed by atoms with Gasteiger partial charge in [0.25, 0.3) is 0 Å². The topological polar surface area (TPSA) is 36.4 Å². The standard InChI is InChI=1S/C12H18N2O/c1-14(11-4-2-3-5-11)12-6-7-13-8-10(12)9-15/h6-8,11,15H,2-5,9H2,1H3. The molecule has 1 aromatic rings. The molecule has 0 unspecified atom stereocenters. The van der Waals surface area contributed by atoms with Gasteiger partial charge in [0.2, 0.25) is 0 Å². The molecule has 1 aromatic heterocycles. The third kappa shape index (κ3) is 2.12. The highest BCUT2D eigenvalue weighted by Gasteiger charge is 2.21. The van der Waals surface area contributed by atoms with E-state index in [0.717, 1.165) is 11.3 Å². The zero-order chi connectivity index (χ0) is 10.7. The van der Waals surface area contributed by atoms with Gasteiger partial charge in [-0.15, -0.1) is 0 Å². The summed E-state index contributed by atoms with van der Waals surface area (Å²) in [6, 6.07) is 2.63. The smallest absolute Gasteiger partial charge is 0.0717 e. The van der Waals surface area contributed by atoms with Crippen molar-refractivity contribution < 1.29 is 5.11 Å². The Balaban J connectivity index is 2.19. The van der Waals surface area contributed by atoms with Gasteiger partial charge in [0.05, 0.1) is 6.61 Å². The quantitative estimate of drug-likeness (QED) is 0.821. The maximum Gasteiger partial charge on any atom is 0.0717 e. The Bertz CT molecular complexity index is 321. The van der Waals surface area contributed by atoms with E-state index >= 15 is 0 Å². The van der Waals surface area contributed by atoms with Gasteiger partial charge < -0.3 is 10.0 Å². The molecule has 82 valence electrons. The van der Waals surface area contributed by atoms with E-state index < -0.39 is 0 Å². The minimum atomic E-state index is 0.0697. The summed E-state index contributed by atoms with van der Waals surface area (Å²) in [7, 11) is 2.12. The second kappa shape index (κ2) is 4.62. The van der Waals surface area contributed by atoms with E-state index in [1.54, 1.807) is 12.4 Å². The van der Waals surface area contributed by atoms with Crippen molar-refractivity contribution in [2.24, 2.45) is 0 Å². The third-order valence-corrected chi connectivity index (χ3v) is 3.30. The van der Waals surface area contributed by atoms with Gasteiger partial charge in [-0.25, -0.2) is 0 Å². The molecule has 0 aromatic carbocycles. The number of nitrogens with zero attached hydrogens (tertiary/aromatic N) is 2. The highest BCUT2D eigenvalue weighted by atomic mass is 16.3. The van der Waals surface area contributed by atoms with Crippen LogP contribution >= 0.6 is 0 Å². The lowest BCUT2D eigenvalue weighted by molar-refractivity contribution is 0.281. The fraction of sp³-hybridized carbons (Fsp3) is 0.583. The van der Waals surface area contributed by atoms with Crippen molar-refractivity contribution in [1.82, 2.24) is 4.98 Å². The van der Waals surface area contributed by atoms with Gasteiger partial charge in [0.15, 0.2) is 0 Å². The molecule has 1 aliphatic rings. The Hall–Kier alpha value is -1.09. The molecule has 0 amide bonds. The van der Waals surface area contributed by atoms with Crippen LogP contribution < -0.4 is 4.90 Å². The molecule has 0 atom stereocenters. The molecule has 1 heterocycles. The van der Waals surface area contributed by atoms with Crippen molar-refractivity contribution >= 4 is 5.69 Å². The van der Waals surface area contributed by atoms with Crippen LogP contribution in [0.3, 0.4) is 0 Å². The number of hydrogen-bond acceptors (Lipinski definition) is 3. The molecule has 1 fully saturated rings. The summed E-state index contributed by atoms with van der Waals surface area (Å²) < 4.78 is 0. The van der Waals surface area contributed by atoms with Gasteiger partial charge >= 0.3 is 0 Å². The van der Waals surface area contributed by atoms with Crippen molar-refractivity contribution in [3.63, 3.8) is 0 Å². The monoisotopic (exact) mass is 206 g/mol. The minimum absolute atomic E-state index is 0.0697. The normalized spacial score (nSPS) is 16.9. The predicted molar refractivity (Wildman–Crippen MR) is 60.8 cm³/mol. The lowest BCUT2D eigenvalue weighted by Gasteiger charge is -2.28. The Morgan fingerprint density at radius 2 is 2.20 bits per heavy atom.